The maximum atomic E-state index is 13.1. The number of nitrogens with zero attached hydrogens (tertiary/aromatic N) is 1. The number of benzene rings is 1. The van der Waals surface area contributed by atoms with Crippen molar-refractivity contribution in [3.05, 3.63) is 35.6 Å². The highest BCUT2D eigenvalue weighted by Gasteiger charge is 2.40. The summed E-state index contributed by atoms with van der Waals surface area (Å²) in [4.78, 5) is 4.27. The summed E-state index contributed by atoms with van der Waals surface area (Å²) in [5, 5.41) is 6.79. The minimum Gasteiger partial charge on any atom is -0.373 e. The van der Waals surface area contributed by atoms with Crippen molar-refractivity contribution >= 4 is 5.96 Å². The largest absolute Gasteiger partial charge is 0.373 e. The van der Waals surface area contributed by atoms with Gasteiger partial charge in [0.25, 0.3) is 0 Å². The normalized spacial score (nSPS) is 27.2. The van der Waals surface area contributed by atoms with Crippen LogP contribution in [0.2, 0.25) is 0 Å². The number of hydrogen-bond acceptors (Lipinski definition) is 2. The number of aryl methyl sites for hydroxylation is 1. The van der Waals surface area contributed by atoms with E-state index in [9.17, 15) is 4.39 Å². The number of rotatable bonds is 5. The molecular weight excluding hydrogens is 281 g/mol. The molecule has 0 saturated carbocycles. The van der Waals surface area contributed by atoms with E-state index in [4.69, 9.17) is 4.74 Å². The minimum absolute atomic E-state index is 0.167. The number of fused-ring (bicyclic) bond motifs is 2. The minimum atomic E-state index is -0.167. The van der Waals surface area contributed by atoms with E-state index in [1.165, 1.54) is 12.5 Å². The first-order chi connectivity index (χ1) is 10.7. The van der Waals surface area contributed by atoms with Crippen molar-refractivity contribution in [2.24, 2.45) is 4.99 Å². The number of halogens is 1. The van der Waals surface area contributed by atoms with Gasteiger partial charge < -0.3 is 15.4 Å². The molecule has 0 aromatic heterocycles. The highest BCUT2D eigenvalue weighted by atomic mass is 19.1. The molecule has 2 aliphatic heterocycles. The van der Waals surface area contributed by atoms with Gasteiger partial charge in [0, 0.05) is 13.6 Å². The summed E-state index contributed by atoms with van der Waals surface area (Å²) in [6.07, 6.45) is 6.01. The Kier molecular flexibility index (Phi) is 4.93. The third-order valence-electron chi connectivity index (χ3n) is 4.48. The van der Waals surface area contributed by atoms with Crippen LogP contribution in [0, 0.1) is 5.82 Å². The van der Waals surface area contributed by atoms with Gasteiger partial charge in [0.05, 0.1) is 18.2 Å². The van der Waals surface area contributed by atoms with Crippen molar-refractivity contribution in [2.75, 3.05) is 13.6 Å². The molecule has 2 fully saturated rings. The Morgan fingerprint density at radius 2 is 2.32 bits per heavy atom. The van der Waals surface area contributed by atoms with Crippen molar-refractivity contribution in [1.82, 2.24) is 10.6 Å². The van der Waals surface area contributed by atoms with Crippen LogP contribution in [0.25, 0.3) is 0 Å². The topological polar surface area (TPSA) is 45.7 Å². The van der Waals surface area contributed by atoms with E-state index < -0.39 is 0 Å². The summed E-state index contributed by atoms with van der Waals surface area (Å²) in [6.45, 7) is 0.817. The van der Waals surface area contributed by atoms with Crippen LogP contribution >= 0.6 is 0 Å². The smallest absolute Gasteiger partial charge is 0.191 e. The second-order valence-corrected chi connectivity index (χ2v) is 6.09. The predicted molar refractivity (Wildman–Crippen MR) is 85.5 cm³/mol. The number of guanidine groups is 1. The van der Waals surface area contributed by atoms with Crippen LogP contribution in [0.15, 0.2) is 29.3 Å². The van der Waals surface area contributed by atoms with Crippen LogP contribution in [0.5, 0.6) is 0 Å². The Bertz CT molecular complexity index is 534. The fraction of sp³-hybridized carbons (Fsp3) is 0.588. The molecule has 0 amide bonds. The van der Waals surface area contributed by atoms with Crippen molar-refractivity contribution in [3.63, 3.8) is 0 Å². The van der Waals surface area contributed by atoms with Gasteiger partial charge in [-0.2, -0.15) is 0 Å². The zero-order valence-electron chi connectivity index (χ0n) is 13.0. The average molecular weight is 305 g/mol. The third-order valence-corrected chi connectivity index (χ3v) is 4.48. The predicted octanol–water partition coefficient (Wildman–Crippen LogP) is 2.24. The van der Waals surface area contributed by atoms with Crippen LogP contribution in [0.1, 0.15) is 31.2 Å². The lowest BCUT2D eigenvalue weighted by Crippen LogP contribution is -2.47. The monoisotopic (exact) mass is 305 g/mol. The molecule has 0 aliphatic carbocycles. The summed E-state index contributed by atoms with van der Waals surface area (Å²) < 4.78 is 18.9. The molecule has 1 aromatic carbocycles. The molecule has 2 saturated heterocycles. The maximum absolute atomic E-state index is 13.1. The van der Waals surface area contributed by atoms with Crippen LogP contribution < -0.4 is 10.6 Å². The Balaban J connectivity index is 1.38. The molecule has 3 atom stereocenters. The second-order valence-electron chi connectivity index (χ2n) is 6.09. The van der Waals surface area contributed by atoms with Crippen molar-refractivity contribution in [1.29, 1.82) is 0 Å². The fourth-order valence-electron chi connectivity index (χ4n) is 3.35. The SMILES string of the molecule is CN=C(NCCCc1cccc(F)c1)NC1CC2CCC1O2. The van der Waals surface area contributed by atoms with Gasteiger partial charge in [-0.1, -0.05) is 12.1 Å². The molecule has 4 nitrogen and oxygen atoms in total. The highest BCUT2D eigenvalue weighted by molar-refractivity contribution is 5.80. The first-order valence-corrected chi connectivity index (χ1v) is 8.11. The van der Waals surface area contributed by atoms with Crippen molar-refractivity contribution in [2.45, 2.75) is 50.4 Å². The van der Waals surface area contributed by atoms with Gasteiger partial charge in [-0.05, 0) is 49.8 Å². The highest BCUT2D eigenvalue weighted by Crippen LogP contribution is 2.34. The zero-order chi connectivity index (χ0) is 15.4. The Labute approximate surface area is 131 Å². The van der Waals surface area contributed by atoms with Crippen LogP contribution in [0.3, 0.4) is 0 Å². The number of nitrogens with one attached hydrogen (secondary N) is 2. The lowest BCUT2D eigenvalue weighted by molar-refractivity contribution is 0.0992. The summed E-state index contributed by atoms with van der Waals surface area (Å²) >= 11 is 0. The van der Waals surface area contributed by atoms with E-state index in [-0.39, 0.29) is 5.82 Å². The molecule has 120 valence electrons. The van der Waals surface area contributed by atoms with E-state index in [0.29, 0.717) is 18.2 Å². The van der Waals surface area contributed by atoms with Crippen LogP contribution in [0.4, 0.5) is 4.39 Å². The molecule has 2 aliphatic rings. The van der Waals surface area contributed by atoms with Crippen molar-refractivity contribution in [3.8, 4) is 0 Å². The van der Waals surface area contributed by atoms with E-state index in [1.807, 2.05) is 6.07 Å². The summed E-state index contributed by atoms with van der Waals surface area (Å²) in [5.74, 6) is 0.666. The molecule has 5 heteroatoms. The van der Waals surface area contributed by atoms with Gasteiger partial charge in [0.2, 0.25) is 0 Å². The molecular formula is C17H24FN3O. The van der Waals surface area contributed by atoms with Crippen LogP contribution in [-0.2, 0) is 11.2 Å². The van der Waals surface area contributed by atoms with E-state index in [1.54, 1.807) is 19.2 Å². The van der Waals surface area contributed by atoms with Gasteiger partial charge >= 0.3 is 0 Å². The Morgan fingerprint density at radius 3 is 3.00 bits per heavy atom. The molecule has 1 aromatic rings. The molecule has 0 radical (unpaired) electrons. The van der Waals surface area contributed by atoms with Gasteiger partial charge in [-0.15, -0.1) is 0 Å². The molecule has 2 N–H and O–H groups in total. The lowest BCUT2D eigenvalue weighted by Gasteiger charge is -2.22. The zero-order valence-corrected chi connectivity index (χ0v) is 13.0. The van der Waals surface area contributed by atoms with Gasteiger partial charge in [-0.25, -0.2) is 4.39 Å². The van der Waals surface area contributed by atoms with E-state index in [2.05, 4.69) is 15.6 Å². The standard InChI is InChI=1S/C17H24FN3O/c1-19-17(21-15-11-14-7-8-16(15)22-14)20-9-3-5-12-4-2-6-13(18)10-12/h2,4,6,10,14-16H,3,5,7-9,11H2,1H3,(H2,19,20,21). The summed E-state index contributed by atoms with van der Waals surface area (Å²) in [6, 6.07) is 7.18. The lowest BCUT2D eigenvalue weighted by atomic mass is 9.96. The Hall–Kier alpha value is -1.62. The molecule has 0 spiro atoms. The van der Waals surface area contributed by atoms with Gasteiger partial charge in [0.15, 0.2) is 5.96 Å². The average Bonchev–Trinajstić information content (AvgIpc) is 3.13. The first kappa shape index (κ1) is 15.3. The molecule has 2 heterocycles. The number of ether oxygens (including phenoxy) is 1. The molecule has 3 unspecified atom stereocenters. The first-order valence-electron chi connectivity index (χ1n) is 8.11. The molecule has 22 heavy (non-hydrogen) atoms. The number of hydrogen-bond donors (Lipinski definition) is 2. The van der Waals surface area contributed by atoms with Crippen molar-refractivity contribution < 1.29 is 9.13 Å². The summed E-state index contributed by atoms with van der Waals surface area (Å²) in [5.41, 5.74) is 1.03. The second kappa shape index (κ2) is 7.09. The maximum Gasteiger partial charge on any atom is 0.191 e. The Morgan fingerprint density at radius 1 is 1.41 bits per heavy atom. The van der Waals surface area contributed by atoms with E-state index in [0.717, 1.165) is 43.8 Å². The molecule has 2 bridgehead atoms. The number of aliphatic imine (C=N–C) groups is 1. The van der Waals surface area contributed by atoms with Crippen LogP contribution in [-0.4, -0.2) is 37.8 Å². The quantitative estimate of drug-likeness (QED) is 0.498. The summed E-state index contributed by atoms with van der Waals surface area (Å²) in [7, 11) is 1.79. The van der Waals surface area contributed by atoms with Gasteiger partial charge in [0.1, 0.15) is 5.82 Å². The fourth-order valence-corrected chi connectivity index (χ4v) is 3.35. The third kappa shape index (κ3) is 3.77. The molecule has 3 rings (SSSR count). The van der Waals surface area contributed by atoms with Gasteiger partial charge in [-0.3, -0.25) is 4.99 Å². The van der Waals surface area contributed by atoms with E-state index >= 15 is 0 Å².